The van der Waals surface area contributed by atoms with Crippen molar-refractivity contribution in [1.29, 1.82) is 0 Å². The quantitative estimate of drug-likeness (QED) is 0.741. The Bertz CT molecular complexity index is 556. The highest BCUT2D eigenvalue weighted by molar-refractivity contribution is 6.39. The van der Waals surface area contributed by atoms with Gasteiger partial charge < -0.3 is 15.7 Å². The number of halogens is 1. The van der Waals surface area contributed by atoms with Gasteiger partial charge in [-0.25, -0.2) is 4.39 Å². The summed E-state index contributed by atoms with van der Waals surface area (Å²) in [6, 6.07) is 4.26. The van der Waals surface area contributed by atoms with Gasteiger partial charge in [-0.05, 0) is 37.8 Å². The van der Waals surface area contributed by atoms with Crippen LogP contribution in [0.2, 0.25) is 0 Å². The van der Waals surface area contributed by atoms with Gasteiger partial charge >= 0.3 is 11.8 Å². The molecule has 1 aromatic rings. The van der Waals surface area contributed by atoms with Crippen molar-refractivity contribution in [3.63, 3.8) is 0 Å². The zero-order valence-electron chi connectivity index (χ0n) is 12.6. The van der Waals surface area contributed by atoms with Crippen LogP contribution < -0.4 is 10.6 Å². The van der Waals surface area contributed by atoms with E-state index in [1.165, 1.54) is 25.1 Å². The Balaban J connectivity index is 1.84. The highest BCUT2D eigenvalue weighted by Crippen LogP contribution is 2.27. The van der Waals surface area contributed by atoms with Crippen molar-refractivity contribution in [2.75, 3.05) is 11.9 Å². The molecular formula is C16H21FN2O3. The van der Waals surface area contributed by atoms with Crippen LogP contribution in [-0.4, -0.2) is 29.6 Å². The van der Waals surface area contributed by atoms with Crippen LogP contribution in [-0.2, 0) is 9.59 Å². The highest BCUT2D eigenvalue weighted by Gasteiger charge is 2.24. The Morgan fingerprint density at radius 1 is 1.32 bits per heavy atom. The number of aliphatic hydroxyl groups is 1. The molecule has 0 heterocycles. The highest BCUT2D eigenvalue weighted by atomic mass is 19.1. The normalized spacial score (nSPS) is 16.3. The Kier molecular flexibility index (Phi) is 5.49. The predicted octanol–water partition coefficient (Wildman–Crippen LogP) is 1.74. The fourth-order valence-electron chi connectivity index (χ4n) is 2.71. The number of amides is 2. The van der Waals surface area contributed by atoms with Crippen LogP contribution in [0.25, 0.3) is 0 Å². The molecule has 2 amide bonds. The number of benzene rings is 1. The van der Waals surface area contributed by atoms with Gasteiger partial charge in [0.1, 0.15) is 5.82 Å². The van der Waals surface area contributed by atoms with Gasteiger partial charge in [0.05, 0.1) is 6.10 Å². The molecular weight excluding hydrogens is 287 g/mol. The van der Waals surface area contributed by atoms with Crippen LogP contribution >= 0.6 is 0 Å². The molecule has 5 nitrogen and oxygen atoms in total. The largest absolute Gasteiger partial charge is 0.391 e. The van der Waals surface area contributed by atoms with Gasteiger partial charge in [-0.15, -0.1) is 0 Å². The molecule has 1 aliphatic rings. The van der Waals surface area contributed by atoms with Gasteiger partial charge in [0.25, 0.3) is 0 Å². The second-order valence-electron chi connectivity index (χ2n) is 5.69. The van der Waals surface area contributed by atoms with Gasteiger partial charge in [0.15, 0.2) is 0 Å². The number of hydrogen-bond acceptors (Lipinski definition) is 3. The molecule has 0 bridgehead atoms. The van der Waals surface area contributed by atoms with E-state index in [0.717, 1.165) is 25.7 Å². The van der Waals surface area contributed by atoms with Crippen LogP contribution in [0.3, 0.4) is 0 Å². The third-order valence-electron chi connectivity index (χ3n) is 4.14. The van der Waals surface area contributed by atoms with E-state index in [0.29, 0.717) is 0 Å². The van der Waals surface area contributed by atoms with Crippen molar-refractivity contribution < 1.29 is 19.1 Å². The number of carbonyl (C=O) groups excluding carboxylic acids is 2. The molecule has 0 radical (unpaired) electrons. The number of hydrogen-bond donors (Lipinski definition) is 3. The van der Waals surface area contributed by atoms with Gasteiger partial charge in [-0.2, -0.15) is 0 Å². The maximum Gasteiger partial charge on any atom is 0.313 e. The fraction of sp³-hybridized carbons (Fsp3) is 0.500. The van der Waals surface area contributed by atoms with E-state index in [1.54, 1.807) is 0 Å². The number of aliphatic hydroxyl groups excluding tert-OH is 1. The Morgan fingerprint density at radius 3 is 2.68 bits per heavy atom. The lowest BCUT2D eigenvalue weighted by Crippen LogP contribution is -2.41. The topological polar surface area (TPSA) is 78.4 Å². The fourth-order valence-corrected chi connectivity index (χ4v) is 2.71. The summed E-state index contributed by atoms with van der Waals surface area (Å²) in [7, 11) is 0. The van der Waals surface area contributed by atoms with Crippen molar-refractivity contribution >= 4 is 17.5 Å². The van der Waals surface area contributed by atoms with E-state index >= 15 is 0 Å². The van der Waals surface area contributed by atoms with Crippen LogP contribution in [0.4, 0.5) is 10.1 Å². The standard InChI is InChI=1S/C16H21FN2O3/c1-10-12(17)7-4-8-13(10)19-16(22)15(21)18-9-14(20)11-5-2-3-6-11/h4,7-8,11,14,20H,2-3,5-6,9H2,1H3,(H,18,21)(H,19,22). The molecule has 22 heavy (non-hydrogen) atoms. The molecule has 1 aromatic carbocycles. The molecule has 1 aliphatic carbocycles. The second-order valence-corrected chi connectivity index (χ2v) is 5.69. The zero-order chi connectivity index (χ0) is 16.1. The molecule has 120 valence electrons. The van der Waals surface area contributed by atoms with E-state index in [2.05, 4.69) is 10.6 Å². The first-order valence-corrected chi connectivity index (χ1v) is 7.51. The number of rotatable bonds is 4. The molecule has 1 saturated carbocycles. The Labute approximate surface area is 128 Å². The van der Waals surface area contributed by atoms with Crippen LogP contribution in [0.15, 0.2) is 18.2 Å². The lowest BCUT2D eigenvalue weighted by Gasteiger charge is -2.18. The molecule has 0 aliphatic heterocycles. The second kappa shape index (κ2) is 7.35. The van der Waals surface area contributed by atoms with Crippen LogP contribution in [0.5, 0.6) is 0 Å². The van der Waals surface area contributed by atoms with Crippen molar-refractivity contribution in [1.82, 2.24) is 5.32 Å². The maximum absolute atomic E-state index is 13.4. The summed E-state index contributed by atoms with van der Waals surface area (Å²) < 4.78 is 13.4. The molecule has 1 atom stereocenters. The summed E-state index contributed by atoms with van der Waals surface area (Å²) in [4.78, 5) is 23.5. The number of nitrogens with one attached hydrogen (secondary N) is 2. The van der Waals surface area contributed by atoms with Crippen molar-refractivity contribution in [2.24, 2.45) is 5.92 Å². The van der Waals surface area contributed by atoms with Gasteiger partial charge in [-0.1, -0.05) is 18.9 Å². The molecule has 0 saturated heterocycles. The van der Waals surface area contributed by atoms with E-state index in [4.69, 9.17) is 0 Å². The van der Waals surface area contributed by atoms with E-state index in [-0.39, 0.29) is 23.7 Å². The SMILES string of the molecule is Cc1c(F)cccc1NC(=O)C(=O)NCC(O)C1CCCC1. The van der Waals surface area contributed by atoms with Crippen molar-refractivity contribution in [2.45, 2.75) is 38.7 Å². The van der Waals surface area contributed by atoms with E-state index in [9.17, 15) is 19.1 Å². The average molecular weight is 308 g/mol. The Hall–Kier alpha value is -1.95. The van der Waals surface area contributed by atoms with Crippen LogP contribution in [0, 0.1) is 18.7 Å². The van der Waals surface area contributed by atoms with Gasteiger partial charge in [-0.3, -0.25) is 9.59 Å². The van der Waals surface area contributed by atoms with Gasteiger partial charge in [0, 0.05) is 17.8 Å². The van der Waals surface area contributed by atoms with Crippen LogP contribution in [0.1, 0.15) is 31.2 Å². The lowest BCUT2D eigenvalue weighted by molar-refractivity contribution is -0.136. The molecule has 6 heteroatoms. The summed E-state index contributed by atoms with van der Waals surface area (Å²) in [5, 5.41) is 14.7. The van der Waals surface area contributed by atoms with Crippen molar-refractivity contribution in [3.05, 3.63) is 29.6 Å². The predicted molar refractivity (Wildman–Crippen MR) is 80.7 cm³/mol. The first kappa shape index (κ1) is 16.4. The van der Waals surface area contributed by atoms with Crippen molar-refractivity contribution in [3.8, 4) is 0 Å². The summed E-state index contributed by atoms with van der Waals surface area (Å²) in [6.07, 6.45) is 3.46. The average Bonchev–Trinajstić information content (AvgIpc) is 3.03. The number of anilines is 1. The summed E-state index contributed by atoms with van der Waals surface area (Å²) in [5.74, 6) is -1.96. The minimum Gasteiger partial charge on any atom is -0.391 e. The van der Waals surface area contributed by atoms with E-state index in [1.807, 2.05) is 0 Å². The third-order valence-corrected chi connectivity index (χ3v) is 4.14. The lowest BCUT2D eigenvalue weighted by atomic mass is 10.0. The zero-order valence-corrected chi connectivity index (χ0v) is 12.6. The molecule has 1 fully saturated rings. The monoisotopic (exact) mass is 308 g/mol. The molecule has 0 aromatic heterocycles. The maximum atomic E-state index is 13.4. The summed E-state index contributed by atoms with van der Waals surface area (Å²) in [6.45, 7) is 1.58. The minimum atomic E-state index is -0.868. The first-order chi connectivity index (χ1) is 10.5. The van der Waals surface area contributed by atoms with Gasteiger partial charge in [0.2, 0.25) is 0 Å². The number of carbonyl (C=O) groups is 2. The smallest absolute Gasteiger partial charge is 0.313 e. The summed E-state index contributed by atoms with van der Waals surface area (Å²) >= 11 is 0. The third kappa shape index (κ3) is 4.04. The summed E-state index contributed by atoms with van der Waals surface area (Å²) in [5.41, 5.74) is 0.533. The molecule has 1 unspecified atom stereocenters. The molecule has 2 rings (SSSR count). The molecule has 3 N–H and O–H groups in total. The molecule has 0 spiro atoms. The first-order valence-electron chi connectivity index (χ1n) is 7.51. The van der Waals surface area contributed by atoms with E-state index < -0.39 is 23.7 Å². The minimum absolute atomic E-state index is 0.0546. The Morgan fingerprint density at radius 2 is 2.00 bits per heavy atom.